The number of ether oxygens (including phenoxy) is 1. The maximum atomic E-state index is 12.9. The number of pyridine rings is 1. The number of amides is 1. The summed E-state index contributed by atoms with van der Waals surface area (Å²) in [5.41, 5.74) is 1.92. The van der Waals surface area contributed by atoms with Gasteiger partial charge in [0.1, 0.15) is 6.04 Å². The molecule has 2 aromatic rings. The number of hydrogen-bond donors (Lipinski definition) is 1. The van der Waals surface area contributed by atoms with Crippen LogP contribution in [0.1, 0.15) is 30.0 Å². The van der Waals surface area contributed by atoms with Gasteiger partial charge in [-0.05, 0) is 24.5 Å². The van der Waals surface area contributed by atoms with Crippen molar-refractivity contribution in [2.45, 2.75) is 25.4 Å². The van der Waals surface area contributed by atoms with E-state index < -0.39 is 0 Å². The summed E-state index contributed by atoms with van der Waals surface area (Å²) >= 11 is 0. The summed E-state index contributed by atoms with van der Waals surface area (Å²) in [5, 5.41) is 3.39. The van der Waals surface area contributed by atoms with Crippen molar-refractivity contribution < 1.29 is 9.53 Å². The zero-order valence-electron chi connectivity index (χ0n) is 13.9. The monoisotopic (exact) mass is 325 g/mol. The first-order valence-corrected chi connectivity index (χ1v) is 8.34. The van der Waals surface area contributed by atoms with Gasteiger partial charge in [0.2, 0.25) is 11.8 Å². The molecule has 126 valence electrons. The van der Waals surface area contributed by atoms with Crippen LogP contribution in [0.3, 0.4) is 0 Å². The second kappa shape index (κ2) is 7.93. The van der Waals surface area contributed by atoms with Gasteiger partial charge in [-0.2, -0.15) is 0 Å². The van der Waals surface area contributed by atoms with E-state index in [1.54, 1.807) is 13.3 Å². The molecule has 0 saturated carbocycles. The minimum atomic E-state index is -0.353. The second-order valence-corrected chi connectivity index (χ2v) is 5.93. The van der Waals surface area contributed by atoms with Crippen molar-refractivity contribution in [1.29, 1.82) is 0 Å². The van der Waals surface area contributed by atoms with Crippen molar-refractivity contribution in [2.24, 2.45) is 0 Å². The number of methoxy groups -OCH3 is 1. The van der Waals surface area contributed by atoms with Crippen LogP contribution in [0.4, 0.5) is 0 Å². The molecule has 1 aromatic carbocycles. The first-order chi connectivity index (χ1) is 11.8. The molecule has 0 unspecified atom stereocenters. The molecule has 3 rings (SSSR count). The third-order valence-corrected chi connectivity index (χ3v) is 4.34. The van der Waals surface area contributed by atoms with Gasteiger partial charge in [-0.3, -0.25) is 10.1 Å². The van der Waals surface area contributed by atoms with Gasteiger partial charge in [-0.25, -0.2) is 4.98 Å². The van der Waals surface area contributed by atoms with Gasteiger partial charge in [0.05, 0.1) is 7.11 Å². The molecule has 1 fully saturated rings. The summed E-state index contributed by atoms with van der Waals surface area (Å²) in [6.07, 6.45) is 3.87. The van der Waals surface area contributed by atoms with E-state index in [0.29, 0.717) is 12.4 Å². The molecule has 24 heavy (non-hydrogen) atoms. The molecule has 5 nitrogen and oxygen atoms in total. The van der Waals surface area contributed by atoms with Gasteiger partial charge in [0.25, 0.3) is 0 Å². The normalized spacial score (nSPS) is 15.3. The smallest absolute Gasteiger partial charge is 0.244 e. The van der Waals surface area contributed by atoms with Crippen LogP contribution < -0.4 is 10.1 Å². The summed E-state index contributed by atoms with van der Waals surface area (Å²) in [6.45, 7) is 2.22. The lowest BCUT2D eigenvalue weighted by molar-refractivity contribution is -0.132. The van der Waals surface area contributed by atoms with E-state index in [1.165, 1.54) is 0 Å². The lowest BCUT2D eigenvalue weighted by atomic mass is 10.1. The van der Waals surface area contributed by atoms with Gasteiger partial charge < -0.3 is 9.64 Å². The summed E-state index contributed by atoms with van der Waals surface area (Å²) in [7, 11) is 1.61. The predicted molar refractivity (Wildman–Crippen MR) is 92.6 cm³/mol. The molecule has 1 amide bonds. The fraction of sp³-hybridized carbons (Fsp3) is 0.368. The molecule has 0 aliphatic carbocycles. The van der Waals surface area contributed by atoms with E-state index in [1.807, 2.05) is 47.4 Å². The van der Waals surface area contributed by atoms with E-state index in [-0.39, 0.29) is 11.9 Å². The van der Waals surface area contributed by atoms with E-state index >= 15 is 0 Å². The van der Waals surface area contributed by atoms with Crippen LogP contribution in [0.5, 0.6) is 5.88 Å². The Balaban J connectivity index is 1.78. The average molecular weight is 325 g/mol. The van der Waals surface area contributed by atoms with Gasteiger partial charge in [-0.1, -0.05) is 36.4 Å². The number of hydrogen-bond acceptors (Lipinski definition) is 4. The van der Waals surface area contributed by atoms with Gasteiger partial charge in [0.15, 0.2) is 0 Å². The topological polar surface area (TPSA) is 54.5 Å². The van der Waals surface area contributed by atoms with Crippen LogP contribution in [0.25, 0.3) is 0 Å². The molecule has 1 aliphatic heterocycles. The Morgan fingerprint density at radius 3 is 2.67 bits per heavy atom. The minimum Gasteiger partial charge on any atom is -0.481 e. The first-order valence-electron chi connectivity index (χ1n) is 8.34. The third-order valence-electron chi connectivity index (χ3n) is 4.34. The van der Waals surface area contributed by atoms with Crippen molar-refractivity contribution in [3.63, 3.8) is 0 Å². The predicted octanol–water partition coefficient (Wildman–Crippen LogP) is 2.54. The Morgan fingerprint density at radius 1 is 1.21 bits per heavy atom. The SMILES string of the molecule is COc1ncccc1CN[C@@H](C(=O)N1CCCC1)c1ccccc1. The molecule has 2 heterocycles. The number of rotatable bonds is 6. The Morgan fingerprint density at radius 2 is 1.96 bits per heavy atom. The van der Waals surface area contributed by atoms with Crippen molar-refractivity contribution in [2.75, 3.05) is 20.2 Å². The van der Waals surface area contributed by atoms with Crippen molar-refractivity contribution in [1.82, 2.24) is 15.2 Å². The van der Waals surface area contributed by atoms with Crippen LogP contribution in [-0.2, 0) is 11.3 Å². The fourth-order valence-electron chi connectivity index (χ4n) is 3.07. The highest BCUT2D eigenvalue weighted by Gasteiger charge is 2.27. The van der Waals surface area contributed by atoms with E-state index in [9.17, 15) is 4.79 Å². The van der Waals surface area contributed by atoms with Gasteiger partial charge in [0, 0.05) is 31.4 Å². The Bertz CT molecular complexity index is 669. The zero-order chi connectivity index (χ0) is 16.8. The quantitative estimate of drug-likeness (QED) is 0.887. The van der Waals surface area contributed by atoms with Crippen LogP contribution in [-0.4, -0.2) is 36.0 Å². The fourth-order valence-corrected chi connectivity index (χ4v) is 3.07. The molecule has 0 bridgehead atoms. The molecule has 5 heteroatoms. The average Bonchev–Trinajstić information content (AvgIpc) is 3.17. The number of aromatic nitrogens is 1. The highest BCUT2D eigenvalue weighted by Crippen LogP contribution is 2.21. The van der Waals surface area contributed by atoms with Gasteiger partial charge in [-0.15, -0.1) is 0 Å². The van der Waals surface area contributed by atoms with Crippen molar-refractivity contribution in [3.05, 3.63) is 59.8 Å². The Kier molecular flexibility index (Phi) is 5.43. The minimum absolute atomic E-state index is 0.140. The number of carbonyl (C=O) groups is 1. The summed E-state index contributed by atoms with van der Waals surface area (Å²) in [4.78, 5) is 19.1. The van der Waals surface area contributed by atoms with Gasteiger partial charge >= 0.3 is 0 Å². The number of nitrogens with one attached hydrogen (secondary N) is 1. The molecule has 0 spiro atoms. The molecule has 1 aromatic heterocycles. The molecular formula is C19H23N3O2. The molecule has 1 saturated heterocycles. The summed E-state index contributed by atoms with van der Waals surface area (Å²) in [6, 6.07) is 13.4. The highest BCUT2D eigenvalue weighted by atomic mass is 16.5. The van der Waals surface area contributed by atoms with Crippen LogP contribution >= 0.6 is 0 Å². The number of carbonyl (C=O) groups excluding carboxylic acids is 1. The van der Waals surface area contributed by atoms with E-state index in [4.69, 9.17) is 4.74 Å². The molecule has 1 aliphatic rings. The molecule has 1 N–H and O–H groups in total. The summed E-state index contributed by atoms with van der Waals surface area (Å²) < 4.78 is 5.30. The number of benzene rings is 1. The first kappa shape index (κ1) is 16.5. The zero-order valence-corrected chi connectivity index (χ0v) is 13.9. The van der Waals surface area contributed by atoms with Crippen LogP contribution in [0.15, 0.2) is 48.7 Å². The molecular weight excluding hydrogens is 302 g/mol. The summed E-state index contributed by atoms with van der Waals surface area (Å²) in [5.74, 6) is 0.729. The maximum Gasteiger partial charge on any atom is 0.244 e. The Labute approximate surface area is 142 Å². The highest BCUT2D eigenvalue weighted by molar-refractivity contribution is 5.83. The molecule has 1 atom stereocenters. The van der Waals surface area contributed by atoms with E-state index in [0.717, 1.165) is 37.1 Å². The largest absolute Gasteiger partial charge is 0.481 e. The standard InChI is InChI=1S/C19H23N3O2/c1-24-18-16(10-7-11-20-18)14-21-17(15-8-3-2-4-9-15)19(23)22-12-5-6-13-22/h2-4,7-11,17,21H,5-6,12-14H2,1H3/t17-/m1/s1. The van der Waals surface area contributed by atoms with Crippen molar-refractivity contribution >= 4 is 5.91 Å². The van der Waals surface area contributed by atoms with E-state index in [2.05, 4.69) is 10.3 Å². The lowest BCUT2D eigenvalue weighted by Crippen LogP contribution is -2.39. The lowest BCUT2D eigenvalue weighted by Gasteiger charge is -2.24. The number of likely N-dealkylation sites (tertiary alicyclic amines) is 1. The van der Waals surface area contributed by atoms with Crippen LogP contribution in [0, 0.1) is 0 Å². The number of nitrogens with zero attached hydrogens (tertiary/aromatic N) is 2. The Hall–Kier alpha value is -2.40. The van der Waals surface area contributed by atoms with Crippen LogP contribution in [0.2, 0.25) is 0 Å². The second-order valence-electron chi connectivity index (χ2n) is 5.93. The maximum absolute atomic E-state index is 12.9. The van der Waals surface area contributed by atoms with Crippen molar-refractivity contribution in [3.8, 4) is 5.88 Å². The molecule has 0 radical (unpaired) electrons. The third kappa shape index (κ3) is 3.74.